The fourth-order valence-corrected chi connectivity index (χ4v) is 2.61. The molecular formula is C17H26N2O2. The summed E-state index contributed by atoms with van der Waals surface area (Å²) in [5, 5.41) is 2.85. The molecule has 1 aromatic carbocycles. The van der Waals surface area contributed by atoms with Crippen molar-refractivity contribution in [2.45, 2.75) is 64.0 Å². The third-order valence-corrected chi connectivity index (χ3v) is 3.93. The number of unbranched alkanes of at least 4 members (excludes halogenated alkanes) is 1. The van der Waals surface area contributed by atoms with Gasteiger partial charge in [0.1, 0.15) is 5.75 Å². The number of amides is 1. The molecule has 0 radical (unpaired) electrons. The molecule has 0 bridgehead atoms. The molecule has 1 fully saturated rings. The van der Waals surface area contributed by atoms with Crippen molar-refractivity contribution in [3.63, 3.8) is 0 Å². The molecule has 1 aliphatic carbocycles. The van der Waals surface area contributed by atoms with Crippen LogP contribution < -0.4 is 15.8 Å². The predicted molar refractivity (Wildman–Crippen MR) is 85.5 cm³/mol. The number of anilines is 1. The quantitative estimate of drug-likeness (QED) is 0.808. The summed E-state index contributed by atoms with van der Waals surface area (Å²) in [5.74, 6) is 0.753. The Hall–Kier alpha value is -1.55. The average Bonchev–Trinajstić information content (AvgIpc) is 2.99. The van der Waals surface area contributed by atoms with Gasteiger partial charge in [-0.25, -0.2) is 0 Å². The maximum atomic E-state index is 11.9. The second-order valence-corrected chi connectivity index (χ2v) is 5.79. The van der Waals surface area contributed by atoms with E-state index in [0.717, 1.165) is 43.5 Å². The zero-order chi connectivity index (χ0) is 15.1. The summed E-state index contributed by atoms with van der Waals surface area (Å²) in [6.07, 6.45) is 7.91. The molecule has 0 heterocycles. The lowest BCUT2D eigenvalue weighted by molar-refractivity contribution is -0.117. The van der Waals surface area contributed by atoms with Gasteiger partial charge in [0, 0.05) is 5.69 Å². The van der Waals surface area contributed by atoms with Gasteiger partial charge in [-0.05, 0) is 56.4 Å². The van der Waals surface area contributed by atoms with Crippen molar-refractivity contribution in [1.29, 1.82) is 0 Å². The van der Waals surface area contributed by atoms with Crippen LogP contribution in [-0.4, -0.2) is 18.1 Å². The number of nitrogens with one attached hydrogen (secondary N) is 1. The lowest BCUT2D eigenvalue weighted by Gasteiger charge is -2.14. The molecule has 1 atom stereocenters. The Balaban J connectivity index is 1.82. The smallest absolute Gasteiger partial charge is 0.241 e. The molecule has 4 heteroatoms. The summed E-state index contributed by atoms with van der Waals surface area (Å²) < 4.78 is 5.90. The molecule has 1 aromatic rings. The molecular weight excluding hydrogens is 264 g/mol. The van der Waals surface area contributed by atoms with Crippen LogP contribution >= 0.6 is 0 Å². The van der Waals surface area contributed by atoms with Crippen molar-refractivity contribution in [3.05, 3.63) is 24.3 Å². The van der Waals surface area contributed by atoms with Crippen LogP contribution in [0.4, 0.5) is 5.69 Å². The number of carbonyl (C=O) groups is 1. The fourth-order valence-electron chi connectivity index (χ4n) is 2.61. The van der Waals surface area contributed by atoms with E-state index >= 15 is 0 Å². The number of ether oxygens (including phenoxy) is 1. The SMILES string of the molecule is CCCC[C@H](N)C(=O)Nc1ccc(OC2CCCC2)cc1. The number of nitrogens with two attached hydrogens (primary N) is 1. The van der Waals surface area contributed by atoms with Crippen LogP contribution in [-0.2, 0) is 4.79 Å². The first-order valence-corrected chi connectivity index (χ1v) is 8.02. The molecule has 0 saturated heterocycles. The van der Waals surface area contributed by atoms with E-state index in [1.807, 2.05) is 24.3 Å². The maximum Gasteiger partial charge on any atom is 0.241 e. The van der Waals surface area contributed by atoms with Crippen LogP contribution in [0, 0.1) is 0 Å². The summed E-state index contributed by atoms with van der Waals surface area (Å²) in [6.45, 7) is 2.09. The first-order valence-electron chi connectivity index (χ1n) is 8.02. The van der Waals surface area contributed by atoms with Crippen LogP contribution in [0.3, 0.4) is 0 Å². The predicted octanol–water partition coefficient (Wildman–Crippen LogP) is 3.46. The van der Waals surface area contributed by atoms with Crippen LogP contribution in [0.15, 0.2) is 24.3 Å². The Bertz CT molecular complexity index is 439. The molecule has 21 heavy (non-hydrogen) atoms. The first kappa shape index (κ1) is 15.8. The summed E-state index contributed by atoms with van der Waals surface area (Å²) in [4.78, 5) is 11.9. The van der Waals surface area contributed by atoms with Gasteiger partial charge in [-0.1, -0.05) is 19.8 Å². The third-order valence-electron chi connectivity index (χ3n) is 3.93. The Morgan fingerprint density at radius 1 is 1.33 bits per heavy atom. The highest BCUT2D eigenvalue weighted by Crippen LogP contribution is 2.25. The first-order chi connectivity index (χ1) is 10.2. The molecule has 1 aliphatic rings. The number of benzene rings is 1. The van der Waals surface area contributed by atoms with Gasteiger partial charge in [0.2, 0.25) is 5.91 Å². The van der Waals surface area contributed by atoms with Gasteiger partial charge in [0.05, 0.1) is 12.1 Å². The van der Waals surface area contributed by atoms with Crippen LogP contribution in [0.2, 0.25) is 0 Å². The van der Waals surface area contributed by atoms with Gasteiger partial charge in [-0.3, -0.25) is 4.79 Å². The largest absolute Gasteiger partial charge is 0.490 e. The van der Waals surface area contributed by atoms with E-state index in [2.05, 4.69) is 12.2 Å². The second-order valence-electron chi connectivity index (χ2n) is 5.79. The van der Waals surface area contributed by atoms with E-state index < -0.39 is 6.04 Å². The fraction of sp³-hybridized carbons (Fsp3) is 0.588. The topological polar surface area (TPSA) is 64.4 Å². The summed E-state index contributed by atoms with van der Waals surface area (Å²) in [5.41, 5.74) is 6.62. The minimum Gasteiger partial charge on any atom is -0.490 e. The van der Waals surface area contributed by atoms with Gasteiger partial charge < -0.3 is 15.8 Å². The van der Waals surface area contributed by atoms with Gasteiger partial charge in [0.15, 0.2) is 0 Å². The molecule has 0 unspecified atom stereocenters. The second kappa shape index (κ2) is 8.03. The molecule has 1 saturated carbocycles. The number of hydrogen-bond acceptors (Lipinski definition) is 3. The molecule has 116 valence electrons. The van der Waals surface area contributed by atoms with Crippen LogP contribution in [0.5, 0.6) is 5.75 Å². The molecule has 0 aromatic heterocycles. The molecule has 0 aliphatic heterocycles. The molecule has 2 rings (SSSR count). The minimum atomic E-state index is -0.431. The molecule has 1 amide bonds. The van der Waals surface area contributed by atoms with Crippen molar-refractivity contribution < 1.29 is 9.53 Å². The van der Waals surface area contributed by atoms with Crippen molar-refractivity contribution in [2.75, 3.05) is 5.32 Å². The van der Waals surface area contributed by atoms with Gasteiger partial charge in [-0.15, -0.1) is 0 Å². The van der Waals surface area contributed by atoms with Gasteiger partial charge >= 0.3 is 0 Å². The third kappa shape index (κ3) is 5.05. The monoisotopic (exact) mass is 290 g/mol. The Kier molecular flexibility index (Phi) is 6.05. The lowest BCUT2D eigenvalue weighted by atomic mass is 10.1. The lowest BCUT2D eigenvalue weighted by Crippen LogP contribution is -2.35. The van der Waals surface area contributed by atoms with Crippen molar-refractivity contribution in [3.8, 4) is 5.75 Å². The van der Waals surface area contributed by atoms with Crippen molar-refractivity contribution in [1.82, 2.24) is 0 Å². The van der Waals surface area contributed by atoms with E-state index in [1.54, 1.807) is 0 Å². The number of hydrogen-bond donors (Lipinski definition) is 2. The maximum absolute atomic E-state index is 11.9. The summed E-state index contributed by atoms with van der Waals surface area (Å²) in [7, 11) is 0. The van der Waals surface area contributed by atoms with E-state index in [9.17, 15) is 4.79 Å². The Labute approximate surface area is 127 Å². The highest BCUT2D eigenvalue weighted by atomic mass is 16.5. The molecule has 3 N–H and O–H groups in total. The standard InChI is InChI=1S/C17H26N2O2/c1-2-3-8-16(18)17(20)19-13-9-11-15(12-10-13)21-14-6-4-5-7-14/h9-12,14,16H,2-8,18H2,1H3,(H,19,20)/t16-/m0/s1. The van der Waals surface area contributed by atoms with E-state index in [1.165, 1.54) is 12.8 Å². The van der Waals surface area contributed by atoms with Crippen molar-refractivity contribution in [2.24, 2.45) is 5.73 Å². The summed E-state index contributed by atoms with van der Waals surface area (Å²) >= 11 is 0. The van der Waals surface area contributed by atoms with Crippen LogP contribution in [0.25, 0.3) is 0 Å². The molecule has 0 spiro atoms. The zero-order valence-corrected chi connectivity index (χ0v) is 12.8. The Morgan fingerprint density at radius 2 is 2.00 bits per heavy atom. The van der Waals surface area contributed by atoms with Crippen molar-refractivity contribution >= 4 is 11.6 Å². The highest BCUT2D eigenvalue weighted by Gasteiger charge is 2.16. The summed E-state index contributed by atoms with van der Waals surface area (Å²) in [6, 6.07) is 7.12. The van der Waals surface area contributed by atoms with Crippen LogP contribution in [0.1, 0.15) is 51.9 Å². The zero-order valence-electron chi connectivity index (χ0n) is 12.8. The highest BCUT2D eigenvalue weighted by molar-refractivity contribution is 5.94. The van der Waals surface area contributed by atoms with Gasteiger partial charge in [0.25, 0.3) is 0 Å². The number of carbonyl (C=O) groups excluding carboxylic acids is 1. The molecule has 4 nitrogen and oxygen atoms in total. The van der Waals surface area contributed by atoms with E-state index in [4.69, 9.17) is 10.5 Å². The average molecular weight is 290 g/mol. The van der Waals surface area contributed by atoms with E-state index in [-0.39, 0.29) is 5.91 Å². The Morgan fingerprint density at radius 3 is 2.62 bits per heavy atom. The normalized spacial score (nSPS) is 16.7. The van der Waals surface area contributed by atoms with Gasteiger partial charge in [-0.2, -0.15) is 0 Å². The number of rotatable bonds is 7. The van der Waals surface area contributed by atoms with E-state index in [0.29, 0.717) is 6.10 Å². The minimum absolute atomic E-state index is 0.118.